The molecule has 1 N–H and O–H groups in total. The van der Waals surface area contributed by atoms with E-state index in [1.54, 1.807) is 19.1 Å². The van der Waals surface area contributed by atoms with Gasteiger partial charge in [-0.1, -0.05) is 12.1 Å². The van der Waals surface area contributed by atoms with Crippen molar-refractivity contribution in [3.63, 3.8) is 0 Å². The lowest BCUT2D eigenvalue weighted by Crippen LogP contribution is -2.23. The molecule has 0 atom stereocenters. The van der Waals surface area contributed by atoms with Crippen molar-refractivity contribution in [1.82, 2.24) is 4.98 Å². The number of ether oxygens (including phenoxy) is 1. The van der Waals surface area contributed by atoms with Crippen molar-refractivity contribution in [2.75, 3.05) is 24.6 Å². The van der Waals surface area contributed by atoms with Crippen LogP contribution in [-0.4, -0.2) is 41.5 Å². The quantitative estimate of drug-likeness (QED) is 0.666. The second-order valence-electron chi connectivity index (χ2n) is 5.86. The van der Waals surface area contributed by atoms with Gasteiger partial charge in [0.1, 0.15) is 17.1 Å². The van der Waals surface area contributed by atoms with Gasteiger partial charge in [0.15, 0.2) is 5.78 Å². The molecule has 1 aromatic heterocycles. The normalized spacial score (nSPS) is 13.7. The van der Waals surface area contributed by atoms with Gasteiger partial charge >= 0.3 is 5.97 Å². The minimum absolute atomic E-state index is 0.103. The van der Waals surface area contributed by atoms with Gasteiger partial charge in [0.2, 0.25) is 0 Å². The molecule has 1 aliphatic rings. The first-order chi connectivity index (χ1) is 12.1. The van der Waals surface area contributed by atoms with Crippen LogP contribution >= 0.6 is 0 Å². The van der Waals surface area contributed by atoms with Crippen LogP contribution in [0.5, 0.6) is 5.75 Å². The van der Waals surface area contributed by atoms with E-state index in [2.05, 4.69) is 4.98 Å². The first kappa shape index (κ1) is 17.0. The summed E-state index contributed by atoms with van der Waals surface area (Å²) in [5.41, 5.74) is 0.700. The molecule has 6 nitrogen and oxygen atoms in total. The van der Waals surface area contributed by atoms with Crippen LogP contribution in [0, 0.1) is 0 Å². The number of hydrogen-bond acceptors (Lipinski definition) is 6. The molecule has 0 aliphatic carbocycles. The van der Waals surface area contributed by atoms with Crippen molar-refractivity contribution >= 4 is 17.6 Å². The predicted molar refractivity (Wildman–Crippen MR) is 93.2 cm³/mol. The predicted octanol–water partition coefficient (Wildman–Crippen LogP) is 2.80. The number of phenols is 1. The fourth-order valence-electron chi connectivity index (χ4n) is 2.94. The summed E-state index contributed by atoms with van der Waals surface area (Å²) in [6.07, 6.45) is 3.54. The van der Waals surface area contributed by atoms with E-state index in [1.807, 2.05) is 4.90 Å². The lowest BCUT2D eigenvalue weighted by atomic mass is 10.0. The van der Waals surface area contributed by atoms with Crippen LogP contribution in [0.3, 0.4) is 0 Å². The highest BCUT2D eigenvalue weighted by atomic mass is 16.5. The molecular weight excluding hydrogens is 320 g/mol. The Morgan fingerprint density at radius 2 is 1.92 bits per heavy atom. The molecule has 130 valence electrons. The number of hydrogen-bond donors (Lipinski definition) is 1. The van der Waals surface area contributed by atoms with Crippen LogP contribution in [0.1, 0.15) is 46.0 Å². The molecule has 0 amide bonds. The number of benzene rings is 1. The van der Waals surface area contributed by atoms with Crippen LogP contribution < -0.4 is 4.90 Å². The standard InChI is InChI=1S/C19H20N2O4/c1-2-25-19(24)15-11-13(12-20-18(15)21-9-5-6-10-21)17(23)14-7-3-4-8-16(14)22/h3-4,7-8,11-12,22H,2,5-6,9-10H2,1H3. The third-order valence-electron chi connectivity index (χ3n) is 4.18. The molecule has 0 spiro atoms. The Morgan fingerprint density at radius 1 is 1.20 bits per heavy atom. The number of carbonyl (C=O) groups excluding carboxylic acids is 2. The van der Waals surface area contributed by atoms with Gasteiger partial charge in [-0.15, -0.1) is 0 Å². The average Bonchev–Trinajstić information content (AvgIpc) is 3.16. The Balaban J connectivity index is 2.01. The number of carbonyl (C=O) groups is 2. The van der Waals surface area contributed by atoms with Gasteiger partial charge in [0.05, 0.1) is 12.2 Å². The third-order valence-corrected chi connectivity index (χ3v) is 4.18. The maximum atomic E-state index is 12.7. The van der Waals surface area contributed by atoms with Crippen molar-refractivity contribution in [3.05, 3.63) is 53.2 Å². The zero-order valence-electron chi connectivity index (χ0n) is 14.1. The van der Waals surface area contributed by atoms with Crippen molar-refractivity contribution in [2.45, 2.75) is 19.8 Å². The van der Waals surface area contributed by atoms with E-state index in [1.165, 1.54) is 24.4 Å². The Morgan fingerprint density at radius 3 is 2.60 bits per heavy atom. The molecule has 2 heterocycles. The number of anilines is 1. The summed E-state index contributed by atoms with van der Waals surface area (Å²) in [4.78, 5) is 31.4. The summed E-state index contributed by atoms with van der Waals surface area (Å²) in [5, 5.41) is 9.89. The zero-order chi connectivity index (χ0) is 17.8. The minimum Gasteiger partial charge on any atom is -0.507 e. The van der Waals surface area contributed by atoms with Gasteiger partial charge in [-0.05, 0) is 38.0 Å². The van der Waals surface area contributed by atoms with Gasteiger partial charge in [0.25, 0.3) is 0 Å². The van der Waals surface area contributed by atoms with E-state index in [-0.39, 0.29) is 34.8 Å². The molecule has 25 heavy (non-hydrogen) atoms. The lowest BCUT2D eigenvalue weighted by Gasteiger charge is -2.19. The van der Waals surface area contributed by atoms with E-state index in [0.717, 1.165) is 25.9 Å². The number of rotatable bonds is 5. The molecule has 1 aromatic carbocycles. The number of para-hydroxylation sites is 1. The monoisotopic (exact) mass is 340 g/mol. The highest BCUT2D eigenvalue weighted by Crippen LogP contribution is 2.26. The second-order valence-corrected chi connectivity index (χ2v) is 5.86. The highest BCUT2D eigenvalue weighted by Gasteiger charge is 2.24. The van der Waals surface area contributed by atoms with Crippen LogP contribution in [0.25, 0.3) is 0 Å². The van der Waals surface area contributed by atoms with E-state index in [4.69, 9.17) is 4.74 Å². The molecule has 2 aromatic rings. The Hall–Kier alpha value is -2.89. The second kappa shape index (κ2) is 7.34. The molecule has 3 rings (SSSR count). The first-order valence-corrected chi connectivity index (χ1v) is 8.36. The van der Waals surface area contributed by atoms with E-state index in [9.17, 15) is 14.7 Å². The van der Waals surface area contributed by atoms with Crippen molar-refractivity contribution in [2.24, 2.45) is 0 Å². The molecule has 1 fully saturated rings. The summed E-state index contributed by atoms with van der Waals surface area (Å²) in [7, 11) is 0. The molecule has 1 saturated heterocycles. The summed E-state index contributed by atoms with van der Waals surface area (Å²) in [6.45, 7) is 3.63. The third kappa shape index (κ3) is 3.47. The number of phenolic OH excluding ortho intramolecular Hbond substituents is 1. The Kier molecular flexibility index (Phi) is 4.97. The molecule has 0 unspecified atom stereocenters. The summed E-state index contributed by atoms with van der Waals surface area (Å²) < 4.78 is 5.13. The maximum absolute atomic E-state index is 12.7. The lowest BCUT2D eigenvalue weighted by molar-refractivity contribution is 0.0526. The van der Waals surface area contributed by atoms with Crippen LogP contribution in [0.4, 0.5) is 5.82 Å². The van der Waals surface area contributed by atoms with Crippen LogP contribution in [-0.2, 0) is 4.74 Å². The highest BCUT2D eigenvalue weighted by molar-refractivity contribution is 6.11. The average molecular weight is 340 g/mol. The van der Waals surface area contributed by atoms with Gasteiger partial charge in [-0.3, -0.25) is 4.79 Å². The van der Waals surface area contributed by atoms with Gasteiger partial charge in [-0.25, -0.2) is 9.78 Å². The fraction of sp³-hybridized carbons (Fsp3) is 0.316. The maximum Gasteiger partial charge on any atom is 0.341 e. The van der Waals surface area contributed by atoms with Crippen molar-refractivity contribution in [1.29, 1.82) is 0 Å². The Labute approximate surface area is 146 Å². The topological polar surface area (TPSA) is 79.7 Å². The van der Waals surface area contributed by atoms with Gasteiger partial charge in [-0.2, -0.15) is 0 Å². The van der Waals surface area contributed by atoms with Crippen molar-refractivity contribution in [3.8, 4) is 5.75 Å². The molecular formula is C19H20N2O4. The summed E-state index contributed by atoms with van der Waals surface area (Å²) in [5.74, 6) is -0.438. The van der Waals surface area contributed by atoms with Gasteiger partial charge in [0, 0.05) is 24.8 Å². The van der Waals surface area contributed by atoms with Crippen molar-refractivity contribution < 1.29 is 19.4 Å². The largest absolute Gasteiger partial charge is 0.507 e. The SMILES string of the molecule is CCOC(=O)c1cc(C(=O)c2ccccc2O)cnc1N1CCCC1. The molecule has 0 saturated carbocycles. The summed E-state index contributed by atoms with van der Waals surface area (Å²) in [6, 6.07) is 7.81. The minimum atomic E-state index is -0.496. The fourth-order valence-corrected chi connectivity index (χ4v) is 2.94. The number of aromatic hydroxyl groups is 1. The number of ketones is 1. The number of aromatic nitrogens is 1. The van der Waals surface area contributed by atoms with E-state index < -0.39 is 5.97 Å². The Bertz CT molecular complexity index is 798. The van der Waals surface area contributed by atoms with Crippen LogP contribution in [0.15, 0.2) is 36.5 Å². The van der Waals surface area contributed by atoms with Crippen LogP contribution in [0.2, 0.25) is 0 Å². The summed E-state index contributed by atoms with van der Waals surface area (Å²) >= 11 is 0. The number of esters is 1. The van der Waals surface area contributed by atoms with Gasteiger partial charge < -0.3 is 14.7 Å². The first-order valence-electron chi connectivity index (χ1n) is 8.36. The smallest absolute Gasteiger partial charge is 0.341 e. The molecule has 6 heteroatoms. The van der Waals surface area contributed by atoms with E-state index >= 15 is 0 Å². The number of pyridine rings is 1. The van der Waals surface area contributed by atoms with E-state index in [0.29, 0.717) is 5.82 Å². The molecule has 1 aliphatic heterocycles. The molecule has 0 radical (unpaired) electrons. The number of nitrogens with zero attached hydrogens (tertiary/aromatic N) is 2. The molecule has 0 bridgehead atoms. The zero-order valence-corrected chi connectivity index (χ0v) is 14.1.